The summed E-state index contributed by atoms with van der Waals surface area (Å²) in [7, 11) is -14.5. The van der Waals surface area contributed by atoms with Gasteiger partial charge in [-0.3, -0.25) is 28.0 Å². The Bertz CT molecular complexity index is 2050. The zero-order valence-corrected chi connectivity index (χ0v) is 55.2. The summed E-state index contributed by atoms with van der Waals surface area (Å²) in [6, 6.07) is 0. The molecule has 95 heavy (non-hydrogen) atoms. The molecule has 1 heterocycles. The Morgan fingerprint density at radius 1 is 0.411 bits per heavy atom. The van der Waals surface area contributed by atoms with E-state index in [0.717, 1.165) is 0 Å². The standard InChI is InChI=1S/C50H100N3O39P3/c1-50(31-83-10-4-37(56)51-7-15-77-18-21-80-24-27-86-47(66)44(63)40(59)34(54)2-13-89-93(68,69)70,32-84-11-5-38(57)52-8-16-78-19-22-81-25-28-87-48(67)45(64)41(60)35(55)3-14-90-94(71,72)73)33-85-12-6-39(58)53-9-17-79-20-23-82-26-29-88-49-46(65)43(62)42(61)36(92-49)30-91-95(74,75)76/h34-36,40-49,54-55,59-67H,2-33H2,1H3,(H,51,56)(H,52,57)(H,53,58)(H2,68,69,70)(H2,71,72,73)(H2,74,75,76). The number of phosphoric acid groups is 3. The fourth-order valence-corrected chi connectivity index (χ4v) is 8.58. The molecule has 45 heteroatoms. The SMILES string of the molecule is CC(COCCC(=O)NCCOCCOCCOC(O)C(O)C(O)C(O)CCOP(=O)(O)O)(COCCC(=O)NCCOCCOCCOC(O)C(O)C(O)C(O)CCOP(=O)(O)O)COCCC(=O)NCCOCCOCCOC1OC(COP(=O)(O)O)C(O)C(O)C1O. The lowest BCUT2D eigenvalue weighted by molar-refractivity contribution is -0.301. The molecular weight excluding hydrogens is 1360 g/mol. The lowest BCUT2D eigenvalue weighted by Gasteiger charge is -2.40. The van der Waals surface area contributed by atoms with Crippen LogP contribution in [0.1, 0.15) is 39.0 Å². The van der Waals surface area contributed by atoms with Gasteiger partial charge in [0, 0.05) is 44.3 Å². The molecule has 1 rings (SSSR count). The molecule has 0 spiro atoms. The molecule has 1 fully saturated rings. The maximum Gasteiger partial charge on any atom is 0.469 e. The first-order valence-electron chi connectivity index (χ1n) is 29.8. The van der Waals surface area contributed by atoms with Crippen LogP contribution in [0, 0.1) is 5.41 Å². The minimum atomic E-state index is -4.91. The number of carbonyl (C=O) groups is 3. The van der Waals surface area contributed by atoms with Crippen LogP contribution in [-0.4, -0.2) is 361 Å². The largest absolute Gasteiger partial charge is 0.469 e. The summed E-state index contributed by atoms with van der Waals surface area (Å²) in [6.45, 7) is 0.484. The molecule has 0 aromatic heterocycles. The van der Waals surface area contributed by atoms with E-state index in [1.54, 1.807) is 6.92 Å². The lowest BCUT2D eigenvalue weighted by atomic mass is 9.94. The highest BCUT2D eigenvalue weighted by molar-refractivity contribution is 7.46. The van der Waals surface area contributed by atoms with Crippen LogP contribution >= 0.6 is 23.5 Å². The molecule has 42 nitrogen and oxygen atoms in total. The van der Waals surface area contributed by atoms with E-state index in [-0.39, 0.29) is 195 Å². The monoisotopic (exact) mass is 1460 g/mol. The lowest BCUT2D eigenvalue weighted by Crippen LogP contribution is -2.59. The Labute approximate surface area is 547 Å². The van der Waals surface area contributed by atoms with Crippen molar-refractivity contribution >= 4 is 41.2 Å². The van der Waals surface area contributed by atoms with E-state index >= 15 is 0 Å². The number of nitrogens with one attached hydrogen (secondary N) is 3. The number of carbonyl (C=O) groups excluding carboxylic acids is 3. The summed E-state index contributed by atoms with van der Waals surface area (Å²) in [5.74, 6) is -1.04. The van der Waals surface area contributed by atoms with Crippen molar-refractivity contribution in [3.63, 3.8) is 0 Å². The van der Waals surface area contributed by atoms with Crippen LogP contribution in [0.25, 0.3) is 0 Å². The Morgan fingerprint density at radius 2 is 0.737 bits per heavy atom. The predicted molar refractivity (Wildman–Crippen MR) is 314 cm³/mol. The number of aliphatic hydroxyl groups is 11. The Morgan fingerprint density at radius 3 is 1.08 bits per heavy atom. The zero-order valence-electron chi connectivity index (χ0n) is 52.6. The molecule has 0 radical (unpaired) electrons. The first-order chi connectivity index (χ1) is 44.8. The zero-order chi connectivity index (χ0) is 71.3. The van der Waals surface area contributed by atoms with Gasteiger partial charge in [-0.1, -0.05) is 6.92 Å². The normalized spacial score (nSPS) is 20.5. The van der Waals surface area contributed by atoms with E-state index in [4.69, 9.17) is 90.9 Å². The van der Waals surface area contributed by atoms with Crippen LogP contribution in [0.5, 0.6) is 0 Å². The highest BCUT2D eigenvalue weighted by Crippen LogP contribution is 2.38. The fraction of sp³-hybridized carbons (Fsp3) is 0.940. The predicted octanol–water partition coefficient (Wildman–Crippen LogP) is -8.57. The molecule has 13 atom stereocenters. The molecule has 0 aromatic rings. The van der Waals surface area contributed by atoms with Crippen molar-refractivity contribution in [2.24, 2.45) is 5.41 Å². The van der Waals surface area contributed by atoms with E-state index < -0.39 is 141 Å². The second kappa shape index (κ2) is 51.8. The smallest absolute Gasteiger partial charge is 0.390 e. The van der Waals surface area contributed by atoms with Gasteiger partial charge in [-0.05, 0) is 12.8 Å². The maximum absolute atomic E-state index is 12.5. The van der Waals surface area contributed by atoms with Crippen molar-refractivity contribution in [3.05, 3.63) is 0 Å². The van der Waals surface area contributed by atoms with Crippen LogP contribution in [0.3, 0.4) is 0 Å². The van der Waals surface area contributed by atoms with Gasteiger partial charge < -0.3 is 163 Å². The van der Waals surface area contributed by atoms with Gasteiger partial charge in [-0.25, -0.2) is 13.7 Å². The van der Waals surface area contributed by atoms with E-state index in [9.17, 15) is 84.3 Å². The van der Waals surface area contributed by atoms with Crippen LogP contribution in [0.15, 0.2) is 0 Å². The van der Waals surface area contributed by atoms with Gasteiger partial charge in [0.2, 0.25) is 17.7 Å². The third-order valence-electron chi connectivity index (χ3n) is 12.6. The van der Waals surface area contributed by atoms with Gasteiger partial charge in [0.1, 0.15) is 48.8 Å². The molecule has 20 N–H and O–H groups in total. The fourth-order valence-electron chi connectivity index (χ4n) is 7.55. The van der Waals surface area contributed by atoms with Gasteiger partial charge in [-0.2, -0.15) is 0 Å². The highest BCUT2D eigenvalue weighted by Gasteiger charge is 2.45. The molecule has 13 unspecified atom stereocenters. The molecule has 0 bridgehead atoms. The van der Waals surface area contributed by atoms with E-state index in [1.165, 1.54) is 0 Å². The number of phosphoric ester groups is 3. The number of hydrogen-bond acceptors (Lipinski definition) is 33. The minimum Gasteiger partial charge on any atom is -0.390 e. The third-order valence-corrected chi connectivity index (χ3v) is 14.2. The topological polar surface area (TPSA) is 630 Å². The Kier molecular flexibility index (Phi) is 49.6. The summed E-state index contributed by atoms with van der Waals surface area (Å²) in [5, 5.41) is 118. The van der Waals surface area contributed by atoms with Gasteiger partial charge in [0.15, 0.2) is 18.9 Å². The van der Waals surface area contributed by atoms with Gasteiger partial charge in [0.25, 0.3) is 0 Å². The minimum absolute atomic E-state index is 0.0000858. The van der Waals surface area contributed by atoms with Crippen molar-refractivity contribution < 1.29 is 189 Å². The highest BCUT2D eigenvalue weighted by atomic mass is 31.2. The maximum atomic E-state index is 12.5. The molecule has 564 valence electrons. The first-order valence-corrected chi connectivity index (χ1v) is 34.4. The molecular formula is C50H100N3O39P3. The summed E-state index contributed by atoms with van der Waals surface area (Å²) in [4.78, 5) is 90.2. The molecule has 1 saturated heterocycles. The number of rotatable bonds is 62. The third kappa shape index (κ3) is 47.5. The average molecular weight is 1460 g/mol. The summed E-state index contributed by atoms with van der Waals surface area (Å²) in [5.41, 5.74) is -0.827. The quantitative estimate of drug-likeness (QED) is 0.0153. The van der Waals surface area contributed by atoms with E-state index in [1.807, 2.05) is 0 Å². The second-order valence-electron chi connectivity index (χ2n) is 21.0. The van der Waals surface area contributed by atoms with Crippen molar-refractivity contribution in [1.29, 1.82) is 0 Å². The number of hydrogen-bond donors (Lipinski definition) is 20. The van der Waals surface area contributed by atoms with Crippen molar-refractivity contribution in [1.82, 2.24) is 16.0 Å². The van der Waals surface area contributed by atoms with Crippen LogP contribution in [0.2, 0.25) is 0 Å². The van der Waals surface area contributed by atoms with Crippen LogP contribution in [0.4, 0.5) is 0 Å². The number of amides is 3. The van der Waals surface area contributed by atoms with Crippen LogP contribution < -0.4 is 16.0 Å². The molecule has 0 saturated carbocycles. The van der Waals surface area contributed by atoms with Crippen molar-refractivity contribution in [2.75, 3.05) is 178 Å². The van der Waals surface area contributed by atoms with E-state index in [2.05, 4.69) is 29.5 Å². The van der Waals surface area contributed by atoms with Crippen molar-refractivity contribution in [3.8, 4) is 0 Å². The summed E-state index contributed by atoms with van der Waals surface area (Å²) < 4.78 is 116. The number of aliphatic hydroxyl groups excluding tert-OH is 11. The van der Waals surface area contributed by atoms with Gasteiger partial charge in [0.05, 0.1) is 171 Å². The average Bonchev–Trinajstić information content (AvgIpc) is 0.830. The van der Waals surface area contributed by atoms with Crippen molar-refractivity contribution in [2.45, 2.75) is 119 Å². The second-order valence-corrected chi connectivity index (χ2v) is 24.7. The Balaban J connectivity index is 2.45. The molecule has 0 aromatic carbocycles. The molecule has 3 amide bonds. The first kappa shape index (κ1) is 90.8. The molecule has 1 aliphatic rings. The summed E-state index contributed by atoms with van der Waals surface area (Å²) in [6.07, 6.45) is -24.1. The van der Waals surface area contributed by atoms with Gasteiger partial charge in [-0.15, -0.1) is 0 Å². The van der Waals surface area contributed by atoms with Crippen LogP contribution in [-0.2, 0) is 103 Å². The number of ether oxygens (including phenoxy) is 13. The molecule has 0 aliphatic carbocycles. The van der Waals surface area contributed by atoms with E-state index in [0.29, 0.717) is 0 Å². The molecule has 1 aliphatic heterocycles. The van der Waals surface area contributed by atoms with Gasteiger partial charge >= 0.3 is 23.5 Å². The Hall–Kier alpha value is -2.22. The summed E-state index contributed by atoms with van der Waals surface area (Å²) >= 11 is 0.